The Kier molecular flexibility index (Phi) is 6.79. The predicted octanol–water partition coefficient (Wildman–Crippen LogP) is 4.13. The van der Waals surface area contributed by atoms with Crippen LogP contribution >= 0.6 is 0 Å². The molecule has 4 nitrogen and oxygen atoms in total. The highest BCUT2D eigenvalue weighted by Gasteiger charge is 2.25. The predicted molar refractivity (Wildman–Crippen MR) is 90.7 cm³/mol. The van der Waals surface area contributed by atoms with Crippen molar-refractivity contribution in [1.29, 1.82) is 0 Å². The third-order valence-corrected chi connectivity index (χ3v) is 3.79. The largest absolute Gasteiger partial charge is 0.497 e. The summed E-state index contributed by atoms with van der Waals surface area (Å²) < 4.78 is 10.4. The second-order valence-electron chi connectivity index (χ2n) is 7.29. The highest BCUT2D eigenvalue weighted by Crippen LogP contribution is 2.22. The molecule has 0 fully saturated rings. The molecule has 0 radical (unpaired) electrons. The number of esters is 1. The van der Waals surface area contributed by atoms with Gasteiger partial charge in [0.2, 0.25) is 0 Å². The average molecular weight is 320 g/mol. The van der Waals surface area contributed by atoms with Crippen LogP contribution in [-0.4, -0.2) is 25.5 Å². The van der Waals surface area contributed by atoms with E-state index in [0.717, 1.165) is 0 Å². The minimum atomic E-state index is -0.306. The lowest BCUT2D eigenvalue weighted by Gasteiger charge is -2.22. The van der Waals surface area contributed by atoms with Gasteiger partial charge in [0.1, 0.15) is 5.75 Å². The number of carbonyl (C=O) groups is 2. The molecule has 0 aliphatic heterocycles. The number of carbonyl (C=O) groups excluding carboxylic acids is 2. The maximum atomic E-state index is 12.3. The molecule has 4 heteroatoms. The first-order valence-corrected chi connectivity index (χ1v) is 7.98. The van der Waals surface area contributed by atoms with Gasteiger partial charge in [-0.1, -0.05) is 34.6 Å². The normalized spacial score (nSPS) is 14.0. The maximum absolute atomic E-state index is 12.3. The average Bonchev–Trinajstić information content (AvgIpc) is 2.51. The van der Waals surface area contributed by atoms with Crippen LogP contribution in [0.5, 0.6) is 5.75 Å². The lowest BCUT2D eigenvalue weighted by molar-refractivity contribution is -0.152. The van der Waals surface area contributed by atoms with Gasteiger partial charge in [-0.05, 0) is 35.6 Å². The Morgan fingerprint density at radius 3 is 2.13 bits per heavy atom. The highest BCUT2D eigenvalue weighted by atomic mass is 16.5. The number of ether oxygens (including phenoxy) is 2. The van der Waals surface area contributed by atoms with Crippen molar-refractivity contribution in [3.05, 3.63) is 29.8 Å². The van der Waals surface area contributed by atoms with Crippen LogP contribution in [0.3, 0.4) is 0 Å². The van der Waals surface area contributed by atoms with Crippen molar-refractivity contribution in [2.45, 2.75) is 41.0 Å². The number of Topliss-reactive ketones (excluding diaryl/α,β-unsaturated/α-hetero) is 1. The molecule has 0 saturated heterocycles. The zero-order valence-electron chi connectivity index (χ0n) is 15.0. The summed E-state index contributed by atoms with van der Waals surface area (Å²) in [5.41, 5.74) is 0.574. The fourth-order valence-electron chi connectivity index (χ4n) is 2.02. The molecule has 0 aliphatic rings. The molecule has 0 heterocycles. The molecule has 1 aromatic carbocycles. The van der Waals surface area contributed by atoms with Crippen LogP contribution in [0.15, 0.2) is 24.3 Å². The van der Waals surface area contributed by atoms with Gasteiger partial charge in [-0.2, -0.15) is 0 Å². The van der Waals surface area contributed by atoms with E-state index in [9.17, 15) is 9.59 Å². The monoisotopic (exact) mass is 320 g/mol. The van der Waals surface area contributed by atoms with Gasteiger partial charge in [0.15, 0.2) is 5.78 Å². The summed E-state index contributed by atoms with van der Waals surface area (Å²) in [5, 5.41) is 0. The molecule has 2 atom stereocenters. The molecule has 128 valence electrons. The molecular weight excluding hydrogens is 292 g/mol. The minimum Gasteiger partial charge on any atom is -0.497 e. The van der Waals surface area contributed by atoms with Crippen LogP contribution in [-0.2, 0) is 9.53 Å². The Morgan fingerprint density at radius 1 is 1.09 bits per heavy atom. The lowest BCUT2D eigenvalue weighted by Crippen LogP contribution is -2.27. The summed E-state index contributed by atoms with van der Waals surface area (Å²) in [5.74, 6) is 0.121. The van der Waals surface area contributed by atoms with Crippen LogP contribution in [0.2, 0.25) is 0 Å². The summed E-state index contributed by atoms with van der Waals surface area (Å²) in [7, 11) is 1.59. The van der Waals surface area contributed by atoms with Crippen molar-refractivity contribution in [1.82, 2.24) is 0 Å². The molecule has 1 aromatic rings. The van der Waals surface area contributed by atoms with Gasteiger partial charge in [-0.3, -0.25) is 9.59 Å². The number of hydrogen-bond acceptors (Lipinski definition) is 4. The molecule has 0 saturated carbocycles. The van der Waals surface area contributed by atoms with Crippen LogP contribution in [0.1, 0.15) is 51.4 Å². The number of benzene rings is 1. The van der Waals surface area contributed by atoms with Crippen LogP contribution in [0.4, 0.5) is 0 Å². The minimum absolute atomic E-state index is 0.0237. The van der Waals surface area contributed by atoms with E-state index in [-0.39, 0.29) is 29.0 Å². The van der Waals surface area contributed by atoms with Gasteiger partial charge in [0.25, 0.3) is 0 Å². The van der Waals surface area contributed by atoms with E-state index in [2.05, 4.69) is 0 Å². The van der Waals surface area contributed by atoms with Gasteiger partial charge in [-0.25, -0.2) is 0 Å². The van der Waals surface area contributed by atoms with E-state index >= 15 is 0 Å². The van der Waals surface area contributed by atoms with Crippen LogP contribution in [0.25, 0.3) is 0 Å². The number of ketones is 1. The maximum Gasteiger partial charge on any atom is 0.308 e. The number of hydrogen-bond donors (Lipinski definition) is 0. The Hall–Kier alpha value is -1.84. The molecule has 0 aromatic heterocycles. The summed E-state index contributed by atoms with van der Waals surface area (Å²) in [6.07, 6.45) is 0.318. The van der Waals surface area contributed by atoms with E-state index in [4.69, 9.17) is 9.47 Å². The fraction of sp³-hybridized carbons (Fsp3) is 0.579. The third-order valence-electron chi connectivity index (χ3n) is 3.79. The molecule has 0 N–H and O–H groups in total. The van der Waals surface area contributed by atoms with Gasteiger partial charge in [-0.15, -0.1) is 0 Å². The van der Waals surface area contributed by atoms with Crippen molar-refractivity contribution in [3.8, 4) is 5.75 Å². The van der Waals surface area contributed by atoms with E-state index in [1.54, 1.807) is 31.4 Å². The highest BCUT2D eigenvalue weighted by molar-refractivity contribution is 5.96. The topological polar surface area (TPSA) is 52.6 Å². The molecule has 0 aliphatic carbocycles. The Balaban J connectivity index is 2.57. The summed E-state index contributed by atoms with van der Waals surface area (Å²) in [6, 6.07) is 7.02. The van der Waals surface area contributed by atoms with Gasteiger partial charge >= 0.3 is 5.97 Å². The van der Waals surface area contributed by atoms with Gasteiger partial charge in [0, 0.05) is 12.0 Å². The van der Waals surface area contributed by atoms with E-state index in [1.165, 1.54) is 0 Å². The van der Waals surface area contributed by atoms with Crippen molar-refractivity contribution in [2.75, 3.05) is 13.7 Å². The zero-order chi connectivity index (χ0) is 17.6. The number of methoxy groups -OCH3 is 1. The summed E-state index contributed by atoms with van der Waals surface area (Å²) in [6.45, 7) is 10.2. The van der Waals surface area contributed by atoms with Gasteiger partial charge in [0.05, 0.1) is 19.6 Å². The van der Waals surface area contributed by atoms with Crippen molar-refractivity contribution < 1.29 is 19.1 Å². The first kappa shape index (κ1) is 19.2. The van der Waals surface area contributed by atoms with Crippen LogP contribution in [0, 0.1) is 17.3 Å². The van der Waals surface area contributed by atoms with Crippen molar-refractivity contribution in [3.63, 3.8) is 0 Å². The fourth-order valence-corrected chi connectivity index (χ4v) is 2.02. The van der Waals surface area contributed by atoms with Crippen molar-refractivity contribution >= 4 is 11.8 Å². The van der Waals surface area contributed by atoms with E-state index in [0.29, 0.717) is 24.3 Å². The SMILES string of the molecule is COc1ccc(C(=O)CC(C)C(C)C(=O)OCC(C)(C)C)cc1. The van der Waals surface area contributed by atoms with Crippen LogP contribution < -0.4 is 4.74 Å². The molecular formula is C19H28O4. The van der Waals surface area contributed by atoms with E-state index in [1.807, 2.05) is 34.6 Å². The number of rotatable bonds is 7. The first-order valence-electron chi connectivity index (χ1n) is 7.98. The molecule has 2 unspecified atom stereocenters. The Bertz CT molecular complexity index is 525. The van der Waals surface area contributed by atoms with E-state index < -0.39 is 0 Å². The molecule has 1 rings (SSSR count). The zero-order valence-corrected chi connectivity index (χ0v) is 15.0. The summed E-state index contributed by atoms with van der Waals surface area (Å²) >= 11 is 0. The Morgan fingerprint density at radius 2 is 1.65 bits per heavy atom. The Labute approximate surface area is 139 Å². The molecule has 0 bridgehead atoms. The smallest absolute Gasteiger partial charge is 0.308 e. The van der Waals surface area contributed by atoms with Crippen molar-refractivity contribution in [2.24, 2.45) is 17.3 Å². The quantitative estimate of drug-likeness (QED) is 0.560. The standard InChI is InChI=1S/C19H28O4/c1-13(14(2)18(21)23-12-19(3,4)5)11-17(20)15-7-9-16(22-6)10-8-15/h7-10,13-14H,11-12H2,1-6H3. The first-order chi connectivity index (χ1) is 10.6. The lowest BCUT2D eigenvalue weighted by atomic mass is 9.89. The third kappa shape index (κ3) is 6.43. The second kappa shape index (κ2) is 8.14. The summed E-state index contributed by atoms with van der Waals surface area (Å²) in [4.78, 5) is 24.4. The molecule has 23 heavy (non-hydrogen) atoms. The molecule has 0 amide bonds. The second-order valence-corrected chi connectivity index (χ2v) is 7.29. The van der Waals surface area contributed by atoms with Gasteiger partial charge < -0.3 is 9.47 Å². The molecule has 0 spiro atoms.